The topological polar surface area (TPSA) is 101 Å². The van der Waals surface area contributed by atoms with Crippen LogP contribution in [-0.4, -0.2) is 47.2 Å². The molecule has 0 fully saturated rings. The molecule has 0 bridgehead atoms. The van der Waals surface area contributed by atoms with E-state index in [4.69, 9.17) is 16.7 Å². The fraction of sp³-hybridized carbons (Fsp3) is 0.0263. The van der Waals surface area contributed by atoms with Crippen molar-refractivity contribution >= 4 is 60.1 Å². The van der Waals surface area contributed by atoms with Crippen molar-refractivity contribution in [1.82, 2.24) is 4.98 Å². The predicted octanol–water partition coefficient (Wildman–Crippen LogP) is 8.51. The summed E-state index contributed by atoms with van der Waals surface area (Å²) in [6.45, 7) is 0. The molecule has 0 aliphatic heterocycles. The van der Waals surface area contributed by atoms with Gasteiger partial charge in [-0.3, -0.25) is 4.79 Å². The second kappa shape index (κ2) is 16.2. The van der Waals surface area contributed by atoms with Crippen LogP contribution in [0.5, 0.6) is 0 Å². The third-order valence-corrected chi connectivity index (χ3v) is 14.7. The molecule has 231 valence electrons. The van der Waals surface area contributed by atoms with Gasteiger partial charge in [-0.1, -0.05) is 54.1 Å². The first kappa shape index (κ1) is 33.7. The van der Waals surface area contributed by atoms with Gasteiger partial charge >= 0.3 is 159 Å². The second-order valence-corrected chi connectivity index (χ2v) is 17.7. The quantitative estimate of drug-likeness (QED) is 0.141. The molecule has 6 nitrogen and oxygen atoms in total. The van der Waals surface area contributed by atoms with Gasteiger partial charge in [0.25, 0.3) is 0 Å². The summed E-state index contributed by atoms with van der Waals surface area (Å²) >= 11 is 3.49. The van der Waals surface area contributed by atoms with Crippen molar-refractivity contribution in [3.05, 3.63) is 172 Å². The van der Waals surface area contributed by atoms with E-state index >= 15 is 0 Å². The number of carbonyl (C=O) groups excluding carboxylic acids is 3. The third kappa shape index (κ3) is 8.77. The summed E-state index contributed by atoms with van der Waals surface area (Å²) in [6, 6.07) is 42.9. The first-order valence-corrected chi connectivity index (χ1v) is 20.0. The van der Waals surface area contributed by atoms with Crippen molar-refractivity contribution < 1.29 is 24.3 Å². The first-order chi connectivity index (χ1) is 22.8. The van der Waals surface area contributed by atoms with E-state index < -0.39 is 25.7 Å². The molecule has 0 amide bonds. The molecule has 47 heavy (non-hydrogen) atoms. The average Bonchev–Trinajstić information content (AvgIpc) is 3.53. The molecule has 1 aromatic heterocycles. The average molecular weight is 764 g/mol. The van der Waals surface area contributed by atoms with Crippen molar-refractivity contribution in [1.29, 1.82) is 0 Å². The van der Waals surface area contributed by atoms with Crippen LogP contribution in [0.4, 0.5) is 0 Å². The maximum atomic E-state index is 13.0. The number of nitrogens with zero attached hydrogens (tertiary/aromatic N) is 1. The Labute approximate surface area is 288 Å². The molecule has 9 heteroatoms. The Bertz CT molecular complexity index is 1860. The Morgan fingerprint density at radius 3 is 1.38 bits per heavy atom. The van der Waals surface area contributed by atoms with Crippen molar-refractivity contribution in [2.24, 2.45) is 0 Å². The van der Waals surface area contributed by atoms with Crippen molar-refractivity contribution in [3.8, 4) is 21.8 Å². The summed E-state index contributed by atoms with van der Waals surface area (Å²) in [4.78, 5) is 55.6. The molecule has 0 aliphatic rings. The van der Waals surface area contributed by atoms with Crippen molar-refractivity contribution in [2.75, 3.05) is 0 Å². The number of benzene rings is 5. The monoisotopic (exact) mass is 764 g/mol. The molecule has 1 N–H and O–H groups in total. The number of aliphatic carboxylic acids is 1. The molecule has 6 aromatic rings. The van der Waals surface area contributed by atoms with Gasteiger partial charge in [-0.25, -0.2) is 4.98 Å². The van der Waals surface area contributed by atoms with E-state index in [1.54, 1.807) is 103 Å². The second-order valence-electron chi connectivity index (χ2n) is 10.2. The third-order valence-electron chi connectivity index (χ3n) is 6.94. The molecule has 6 rings (SSSR count). The van der Waals surface area contributed by atoms with Gasteiger partial charge in [0.05, 0.1) is 12.1 Å². The molecular weight excluding hydrogens is 737 g/mol. The van der Waals surface area contributed by atoms with E-state index in [0.29, 0.717) is 27.4 Å². The SMILES string of the molecule is O=C(O)Cc1sc(-c2ccccc2)nc1-c1ccc(Cl)cc1.O=[C](c1ccccc1)[Sn]([C](=O)c1ccccc1)[C](=O)c1ccccc1. The molecule has 0 unspecified atom stereocenters. The Morgan fingerprint density at radius 2 is 0.979 bits per heavy atom. The zero-order valence-corrected chi connectivity index (χ0v) is 29.3. The number of carboxylic acids is 1. The van der Waals surface area contributed by atoms with E-state index in [-0.39, 0.29) is 17.8 Å². The summed E-state index contributed by atoms with van der Waals surface area (Å²) in [7, 11) is 0. The molecular formula is C38H27ClNO5SSn. The Balaban J connectivity index is 0.000000186. The van der Waals surface area contributed by atoms with Gasteiger partial charge in [-0.15, -0.1) is 11.3 Å². The van der Waals surface area contributed by atoms with Gasteiger partial charge in [0, 0.05) is 21.0 Å². The molecule has 0 saturated carbocycles. The summed E-state index contributed by atoms with van der Waals surface area (Å²) in [6.07, 6.45) is -0.0392. The van der Waals surface area contributed by atoms with Crippen LogP contribution in [0.3, 0.4) is 0 Å². The van der Waals surface area contributed by atoms with E-state index in [0.717, 1.165) is 21.0 Å². The predicted molar refractivity (Wildman–Crippen MR) is 187 cm³/mol. The van der Waals surface area contributed by atoms with Crippen molar-refractivity contribution in [2.45, 2.75) is 6.42 Å². The maximum absolute atomic E-state index is 13.0. The fourth-order valence-corrected chi connectivity index (χ4v) is 11.5. The molecule has 0 aliphatic carbocycles. The van der Waals surface area contributed by atoms with Gasteiger partial charge in [-0.05, 0) is 12.1 Å². The Hall–Kier alpha value is -4.70. The van der Waals surface area contributed by atoms with Crippen LogP contribution in [0, 0.1) is 0 Å². The van der Waals surface area contributed by atoms with Crippen LogP contribution in [-0.2, 0) is 11.2 Å². The zero-order chi connectivity index (χ0) is 33.2. The fourth-order valence-electron chi connectivity index (χ4n) is 4.66. The number of hydrogen-bond acceptors (Lipinski definition) is 6. The van der Waals surface area contributed by atoms with Gasteiger partial charge in [-0.2, -0.15) is 0 Å². The number of carbonyl (C=O) groups is 4. The van der Waals surface area contributed by atoms with Crippen LogP contribution in [0.2, 0.25) is 5.02 Å². The molecule has 0 spiro atoms. The summed E-state index contributed by atoms with van der Waals surface area (Å²) < 4.78 is -0.859. The number of thiazole rings is 1. The van der Waals surface area contributed by atoms with Crippen LogP contribution in [0.25, 0.3) is 21.8 Å². The van der Waals surface area contributed by atoms with Crippen LogP contribution >= 0.6 is 22.9 Å². The zero-order valence-electron chi connectivity index (χ0n) is 24.9. The van der Waals surface area contributed by atoms with Crippen molar-refractivity contribution in [3.63, 3.8) is 0 Å². The molecule has 1 radical (unpaired) electrons. The molecule has 0 saturated heterocycles. The number of aromatic nitrogens is 1. The standard InChI is InChI=1S/C17H12ClNO2S.3C7H5O.Sn/c18-13-8-6-11(7-9-13)16-14(10-15(20)21)22-17(19-16)12-4-2-1-3-5-12;3*8-6-7-4-2-1-3-5-7;/h1-9H,10H2,(H,20,21);3*1-5H;. The number of halogens is 1. The number of carboxylic acid groups (broad SMARTS) is 1. The normalized spacial score (nSPS) is 10.5. The molecule has 5 aromatic carbocycles. The van der Waals surface area contributed by atoms with Crippen LogP contribution < -0.4 is 0 Å². The first-order valence-electron chi connectivity index (χ1n) is 14.5. The summed E-state index contributed by atoms with van der Waals surface area (Å²) in [5.74, 6) is -0.863. The van der Waals surface area contributed by atoms with Gasteiger partial charge in [0.1, 0.15) is 5.01 Å². The molecule has 0 atom stereocenters. The van der Waals surface area contributed by atoms with Gasteiger partial charge in [0.2, 0.25) is 0 Å². The van der Waals surface area contributed by atoms with Crippen LogP contribution in [0.1, 0.15) is 36.0 Å². The minimum atomic E-state index is -3.83. The number of rotatable bonds is 10. The van der Waals surface area contributed by atoms with Crippen LogP contribution in [0.15, 0.2) is 146 Å². The van der Waals surface area contributed by atoms with E-state index in [9.17, 15) is 19.2 Å². The summed E-state index contributed by atoms with van der Waals surface area (Å²) in [5.41, 5.74) is 3.88. The van der Waals surface area contributed by atoms with Gasteiger partial charge < -0.3 is 5.11 Å². The molecule has 1 heterocycles. The Morgan fingerprint density at radius 1 is 0.574 bits per heavy atom. The van der Waals surface area contributed by atoms with Gasteiger partial charge in [0.15, 0.2) is 0 Å². The summed E-state index contributed by atoms with van der Waals surface area (Å²) in [5, 5.41) is 10.6. The number of hydrogen-bond donors (Lipinski definition) is 1. The van der Waals surface area contributed by atoms with E-state index in [1.165, 1.54) is 11.3 Å². The Kier molecular flexibility index (Phi) is 11.6. The van der Waals surface area contributed by atoms with E-state index in [2.05, 4.69) is 4.98 Å². The minimum absolute atomic E-state index is 0.0392. The van der Waals surface area contributed by atoms with E-state index in [1.807, 2.05) is 42.5 Å².